The van der Waals surface area contributed by atoms with Gasteiger partial charge in [0, 0.05) is 18.1 Å². The molecule has 0 aliphatic heterocycles. The Bertz CT molecular complexity index is 1030. The summed E-state index contributed by atoms with van der Waals surface area (Å²) in [5, 5.41) is 11.0. The van der Waals surface area contributed by atoms with Crippen molar-refractivity contribution < 1.29 is 23.8 Å². The third kappa shape index (κ3) is 3.64. The summed E-state index contributed by atoms with van der Waals surface area (Å²) in [5.74, 6) is -1.34. The first-order valence-corrected chi connectivity index (χ1v) is 8.67. The number of aromatic hydroxyl groups is 1. The molecule has 0 aliphatic rings. The highest BCUT2D eigenvalue weighted by Crippen LogP contribution is 2.36. The lowest BCUT2D eigenvalue weighted by atomic mass is 10.0. The van der Waals surface area contributed by atoms with Crippen molar-refractivity contribution in [3.8, 4) is 5.75 Å². The summed E-state index contributed by atoms with van der Waals surface area (Å²) in [6, 6.07) is 9.35. The maximum Gasteiger partial charge on any atom is 0.341 e. The van der Waals surface area contributed by atoms with Crippen LogP contribution in [0, 0.1) is 5.82 Å². The Kier molecular flexibility index (Phi) is 5.54. The third-order valence-corrected chi connectivity index (χ3v) is 4.48. The molecule has 3 rings (SSSR count). The number of phenolic OH excluding ortho intramolecular Hbond substituents is 1. The van der Waals surface area contributed by atoms with Gasteiger partial charge in [-0.25, -0.2) is 9.18 Å². The number of fused-ring (bicyclic) bond motifs is 1. The van der Waals surface area contributed by atoms with Crippen molar-refractivity contribution in [3.05, 3.63) is 65.1 Å². The minimum absolute atomic E-state index is 0.0657. The number of methoxy groups -OCH3 is 1. The lowest BCUT2D eigenvalue weighted by Crippen LogP contribution is -2.21. The van der Waals surface area contributed by atoms with E-state index >= 15 is 0 Å². The summed E-state index contributed by atoms with van der Waals surface area (Å²) < 4.78 is 17.8. The second kappa shape index (κ2) is 8.04. The van der Waals surface area contributed by atoms with E-state index in [2.05, 4.69) is 4.98 Å². The Balaban J connectivity index is 2.17. The van der Waals surface area contributed by atoms with E-state index < -0.39 is 5.97 Å². The summed E-state index contributed by atoms with van der Waals surface area (Å²) in [6.07, 6.45) is 2.72. The molecule has 0 unspecified atom stereocenters. The molecule has 1 amide bonds. The lowest BCUT2D eigenvalue weighted by molar-refractivity contribution is -0.107. The molecule has 0 fully saturated rings. The van der Waals surface area contributed by atoms with Crippen molar-refractivity contribution in [2.75, 3.05) is 18.6 Å². The van der Waals surface area contributed by atoms with Gasteiger partial charge in [0.05, 0.1) is 12.8 Å². The minimum Gasteiger partial charge on any atom is -0.505 e. The predicted molar refractivity (Wildman–Crippen MR) is 103 cm³/mol. The second-order valence-electron chi connectivity index (χ2n) is 6.22. The number of halogens is 1. The first kappa shape index (κ1) is 19.3. The number of pyridine rings is 1. The quantitative estimate of drug-likeness (QED) is 0.522. The number of rotatable bonds is 6. The largest absolute Gasteiger partial charge is 0.505 e. The molecule has 0 saturated heterocycles. The average Bonchev–Trinajstić information content (AvgIpc) is 2.71. The fourth-order valence-electron chi connectivity index (χ4n) is 3.04. The van der Waals surface area contributed by atoms with Crippen molar-refractivity contribution in [2.24, 2.45) is 0 Å². The Morgan fingerprint density at radius 1 is 1.25 bits per heavy atom. The van der Waals surface area contributed by atoms with Crippen LogP contribution in [0.4, 0.5) is 10.1 Å². The number of carbonyl (C=O) groups is 2. The van der Waals surface area contributed by atoms with E-state index in [0.29, 0.717) is 30.4 Å². The van der Waals surface area contributed by atoms with Crippen LogP contribution < -0.4 is 4.90 Å². The van der Waals surface area contributed by atoms with Crippen molar-refractivity contribution in [1.29, 1.82) is 0 Å². The van der Waals surface area contributed by atoms with E-state index in [9.17, 15) is 19.1 Å². The van der Waals surface area contributed by atoms with Gasteiger partial charge in [-0.05, 0) is 48.7 Å². The van der Waals surface area contributed by atoms with E-state index in [4.69, 9.17) is 4.74 Å². The number of anilines is 1. The smallest absolute Gasteiger partial charge is 0.341 e. The van der Waals surface area contributed by atoms with Crippen molar-refractivity contribution in [1.82, 2.24) is 4.98 Å². The highest BCUT2D eigenvalue weighted by Gasteiger charge is 2.21. The molecule has 1 heterocycles. The molecule has 0 saturated carbocycles. The molecule has 144 valence electrons. The summed E-state index contributed by atoms with van der Waals surface area (Å²) in [7, 11) is 1.21. The Hall–Kier alpha value is -3.48. The zero-order valence-corrected chi connectivity index (χ0v) is 15.5. The minimum atomic E-state index is -0.722. The van der Waals surface area contributed by atoms with Gasteiger partial charge in [-0.3, -0.25) is 9.78 Å². The van der Waals surface area contributed by atoms with E-state index in [0.717, 1.165) is 11.1 Å². The van der Waals surface area contributed by atoms with Gasteiger partial charge < -0.3 is 14.7 Å². The van der Waals surface area contributed by atoms with Crippen LogP contribution in [0.15, 0.2) is 42.6 Å². The van der Waals surface area contributed by atoms with Gasteiger partial charge in [0.1, 0.15) is 16.9 Å². The predicted octanol–water partition coefficient (Wildman–Crippen LogP) is 3.44. The maximum absolute atomic E-state index is 13.1. The van der Waals surface area contributed by atoms with Crippen LogP contribution >= 0.6 is 0 Å². The van der Waals surface area contributed by atoms with Crippen LogP contribution in [-0.4, -0.2) is 36.1 Å². The molecular weight excluding hydrogens is 363 g/mol. The fraction of sp³-hybridized carbons (Fsp3) is 0.190. The SMILES string of the molecule is CCN(C=O)c1cc(C(=O)OC)c(O)c2ncc(Cc3ccc(F)cc3)cc12. The molecule has 1 aromatic heterocycles. The van der Waals surface area contributed by atoms with Gasteiger partial charge in [-0.2, -0.15) is 0 Å². The standard InChI is InChI=1S/C21H19FN2O4/c1-3-24(12-25)18-10-17(21(27)28-2)20(26)19-16(18)9-14(11-23-19)8-13-4-6-15(22)7-5-13/h4-7,9-12,26H,3,8H2,1-2H3. The van der Waals surface area contributed by atoms with Crippen LogP contribution in [0.25, 0.3) is 10.9 Å². The monoisotopic (exact) mass is 382 g/mol. The maximum atomic E-state index is 13.1. The summed E-state index contributed by atoms with van der Waals surface area (Å²) in [6.45, 7) is 2.16. The Labute approximate surface area is 161 Å². The molecule has 0 bridgehead atoms. The summed E-state index contributed by atoms with van der Waals surface area (Å²) >= 11 is 0. The number of hydrogen-bond acceptors (Lipinski definition) is 5. The molecular formula is C21H19FN2O4. The number of carbonyl (C=O) groups excluding carboxylic acids is 2. The Morgan fingerprint density at radius 2 is 1.96 bits per heavy atom. The molecule has 7 heteroatoms. The van der Waals surface area contributed by atoms with E-state index in [1.165, 1.54) is 30.2 Å². The molecule has 0 radical (unpaired) electrons. The van der Waals surface area contributed by atoms with Crippen LogP contribution in [0.1, 0.15) is 28.4 Å². The molecule has 6 nitrogen and oxygen atoms in total. The van der Waals surface area contributed by atoms with Gasteiger partial charge >= 0.3 is 5.97 Å². The van der Waals surface area contributed by atoms with E-state index in [1.807, 2.05) is 0 Å². The topological polar surface area (TPSA) is 79.7 Å². The van der Waals surface area contributed by atoms with Crippen LogP contribution in [0.3, 0.4) is 0 Å². The molecule has 0 spiro atoms. The molecule has 3 aromatic rings. The van der Waals surface area contributed by atoms with E-state index in [1.54, 1.807) is 31.3 Å². The Morgan fingerprint density at radius 3 is 2.57 bits per heavy atom. The number of benzene rings is 2. The molecule has 0 aliphatic carbocycles. The number of esters is 1. The summed E-state index contributed by atoms with van der Waals surface area (Å²) in [4.78, 5) is 29.3. The third-order valence-electron chi connectivity index (χ3n) is 4.48. The second-order valence-corrected chi connectivity index (χ2v) is 6.22. The molecule has 28 heavy (non-hydrogen) atoms. The normalized spacial score (nSPS) is 10.7. The van der Waals surface area contributed by atoms with Crippen LogP contribution in [0.5, 0.6) is 5.75 Å². The number of hydrogen-bond donors (Lipinski definition) is 1. The number of nitrogens with zero attached hydrogens (tertiary/aromatic N) is 2. The molecule has 0 atom stereocenters. The fourth-order valence-corrected chi connectivity index (χ4v) is 3.04. The van der Waals surface area contributed by atoms with E-state index in [-0.39, 0.29) is 22.6 Å². The lowest BCUT2D eigenvalue weighted by Gasteiger charge is -2.19. The van der Waals surface area contributed by atoms with Gasteiger partial charge in [-0.15, -0.1) is 0 Å². The van der Waals surface area contributed by atoms with Gasteiger partial charge in [-0.1, -0.05) is 12.1 Å². The first-order chi connectivity index (χ1) is 13.5. The summed E-state index contributed by atoms with van der Waals surface area (Å²) in [5.41, 5.74) is 2.28. The molecule has 1 N–H and O–H groups in total. The van der Waals surface area contributed by atoms with Crippen LogP contribution in [-0.2, 0) is 16.0 Å². The van der Waals surface area contributed by atoms with Crippen molar-refractivity contribution >= 4 is 29.0 Å². The van der Waals surface area contributed by atoms with Crippen molar-refractivity contribution in [2.45, 2.75) is 13.3 Å². The zero-order chi connectivity index (χ0) is 20.3. The number of ether oxygens (including phenoxy) is 1. The molecule has 2 aromatic carbocycles. The van der Waals surface area contributed by atoms with Gasteiger partial charge in [0.2, 0.25) is 6.41 Å². The highest BCUT2D eigenvalue weighted by atomic mass is 19.1. The van der Waals surface area contributed by atoms with Crippen molar-refractivity contribution in [3.63, 3.8) is 0 Å². The number of phenols is 1. The number of amides is 1. The highest BCUT2D eigenvalue weighted by molar-refractivity contribution is 6.07. The van der Waals surface area contributed by atoms with Gasteiger partial charge in [0.15, 0.2) is 5.75 Å². The average molecular weight is 382 g/mol. The first-order valence-electron chi connectivity index (χ1n) is 8.67. The number of aromatic nitrogens is 1. The zero-order valence-electron chi connectivity index (χ0n) is 15.5. The van der Waals surface area contributed by atoms with Gasteiger partial charge in [0.25, 0.3) is 0 Å². The van der Waals surface area contributed by atoms with Crippen LogP contribution in [0.2, 0.25) is 0 Å².